The molecule has 0 saturated carbocycles. The van der Waals surface area contributed by atoms with Gasteiger partial charge in [-0.1, -0.05) is 53.6 Å². The zero-order valence-corrected chi connectivity index (χ0v) is 18.8. The molecule has 0 aromatic heterocycles. The Kier molecular flexibility index (Phi) is 6.07. The third kappa shape index (κ3) is 4.68. The monoisotopic (exact) mass is 463 g/mol. The molecule has 1 aliphatic heterocycles. The predicted molar refractivity (Wildman–Crippen MR) is 125 cm³/mol. The van der Waals surface area contributed by atoms with Gasteiger partial charge in [-0.2, -0.15) is 0 Å². The number of aryl methyl sites for hydroxylation is 1. The van der Waals surface area contributed by atoms with Crippen LogP contribution in [0.3, 0.4) is 0 Å². The number of imide groups is 1. The van der Waals surface area contributed by atoms with E-state index in [2.05, 4.69) is 10.6 Å². The summed E-state index contributed by atoms with van der Waals surface area (Å²) < 4.78 is 5.73. The molecular formula is C25H22ClN3O4. The quantitative estimate of drug-likeness (QED) is 0.512. The summed E-state index contributed by atoms with van der Waals surface area (Å²) >= 11 is 6.10. The van der Waals surface area contributed by atoms with E-state index >= 15 is 0 Å². The highest BCUT2D eigenvalue weighted by atomic mass is 35.5. The molecule has 4 amide bonds. The molecular weight excluding hydrogens is 442 g/mol. The maximum atomic E-state index is 13.0. The molecule has 2 N–H and O–H groups in total. The van der Waals surface area contributed by atoms with Crippen LogP contribution in [0.1, 0.15) is 18.1 Å². The Bertz CT molecular complexity index is 1210. The second-order valence-electron chi connectivity index (χ2n) is 7.92. The van der Waals surface area contributed by atoms with Crippen LogP contribution in [0.15, 0.2) is 72.8 Å². The van der Waals surface area contributed by atoms with Crippen molar-refractivity contribution in [2.24, 2.45) is 0 Å². The summed E-state index contributed by atoms with van der Waals surface area (Å²) in [5.74, 6) is 0.0941. The number of amides is 4. The van der Waals surface area contributed by atoms with Crippen LogP contribution in [0, 0.1) is 6.92 Å². The van der Waals surface area contributed by atoms with Crippen LogP contribution in [-0.4, -0.2) is 29.3 Å². The Morgan fingerprint density at radius 2 is 1.70 bits per heavy atom. The van der Waals surface area contributed by atoms with Gasteiger partial charge in [0, 0.05) is 5.69 Å². The average Bonchev–Trinajstić information content (AvgIpc) is 3.01. The summed E-state index contributed by atoms with van der Waals surface area (Å²) in [5.41, 5.74) is 0.977. The number of benzene rings is 3. The fourth-order valence-corrected chi connectivity index (χ4v) is 3.70. The van der Waals surface area contributed by atoms with Crippen LogP contribution in [0.4, 0.5) is 10.5 Å². The highest BCUT2D eigenvalue weighted by Crippen LogP contribution is 2.30. The zero-order valence-electron chi connectivity index (χ0n) is 18.1. The molecule has 7 nitrogen and oxygen atoms in total. The lowest BCUT2D eigenvalue weighted by Crippen LogP contribution is -2.42. The molecule has 33 heavy (non-hydrogen) atoms. The van der Waals surface area contributed by atoms with E-state index in [4.69, 9.17) is 16.3 Å². The molecule has 4 rings (SSSR count). The van der Waals surface area contributed by atoms with Gasteiger partial charge in [0.25, 0.3) is 5.91 Å². The number of halogens is 1. The van der Waals surface area contributed by atoms with Gasteiger partial charge in [-0.15, -0.1) is 0 Å². The zero-order chi connectivity index (χ0) is 23.6. The van der Waals surface area contributed by atoms with Gasteiger partial charge in [0.1, 0.15) is 23.6 Å². The molecule has 1 unspecified atom stereocenters. The SMILES string of the molecule is Cc1ccc(C2(C)NC(=O)N(CC(=O)Nc3ccc(Oc4ccccc4Cl)cc3)C2=O)cc1. The lowest BCUT2D eigenvalue weighted by Gasteiger charge is -2.22. The number of para-hydroxylation sites is 1. The molecule has 0 aliphatic carbocycles. The molecule has 1 fully saturated rings. The summed E-state index contributed by atoms with van der Waals surface area (Å²) in [6.45, 7) is 3.17. The lowest BCUT2D eigenvalue weighted by molar-refractivity contribution is -0.133. The summed E-state index contributed by atoms with van der Waals surface area (Å²) in [6, 6.07) is 20.5. The second-order valence-corrected chi connectivity index (χ2v) is 8.32. The maximum absolute atomic E-state index is 13.0. The first kappa shape index (κ1) is 22.4. The fraction of sp³-hybridized carbons (Fsp3) is 0.160. The Morgan fingerprint density at radius 1 is 1.03 bits per heavy atom. The van der Waals surface area contributed by atoms with Gasteiger partial charge in [0.2, 0.25) is 5.91 Å². The first-order valence-electron chi connectivity index (χ1n) is 10.3. The number of hydrogen-bond acceptors (Lipinski definition) is 4. The summed E-state index contributed by atoms with van der Waals surface area (Å²) in [5, 5.41) is 5.88. The van der Waals surface area contributed by atoms with Crippen LogP contribution in [-0.2, 0) is 15.1 Å². The van der Waals surface area contributed by atoms with Gasteiger partial charge in [0.05, 0.1) is 5.02 Å². The Balaban J connectivity index is 1.39. The van der Waals surface area contributed by atoms with Gasteiger partial charge < -0.3 is 15.4 Å². The van der Waals surface area contributed by atoms with Gasteiger partial charge in [-0.3, -0.25) is 14.5 Å². The molecule has 3 aromatic carbocycles. The number of rotatable bonds is 6. The largest absolute Gasteiger partial charge is 0.456 e. The molecule has 0 bridgehead atoms. The number of nitrogens with zero attached hydrogens (tertiary/aromatic N) is 1. The van der Waals surface area contributed by atoms with Crippen LogP contribution in [0.5, 0.6) is 11.5 Å². The van der Waals surface area contributed by atoms with Crippen molar-refractivity contribution in [3.63, 3.8) is 0 Å². The van der Waals surface area contributed by atoms with E-state index in [0.717, 1.165) is 10.5 Å². The van der Waals surface area contributed by atoms with Crippen LogP contribution >= 0.6 is 11.6 Å². The van der Waals surface area contributed by atoms with E-state index in [1.807, 2.05) is 31.2 Å². The molecule has 1 aliphatic rings. The number of anilines is 1. The third-order valence-electron chi connectivity index (χ3n) is 5.41. The minimum absolute atomic E-state index is 0.399. The maximum Gasteiger partial charge on any atom is 0.325 e. The molecule has 0 spiro atoms. The Labute approximate surface area is 196 Å². The molecule has 168 valence electrons. The normalized spacial score (nSPS) is 17.6. The van der Waals surface area contributed by atoms with Crippen molar-refractivity contribution in [1.82, 2.24) is 10.2 Å². The van der Waals surface area contributed by atoms with Crippen molar-refractivity contribution in [3.05, 3.63) is 88.9 Å². The fourth-order valence-electron chi connectivity index (χ4n) is 3.53. The Morgan fingerprint density at radius 3 is 2.36 bits per heavy atom. The van der Waals surface area contributed by atoms with Crippen LogP contribution in [0.25, 0.3) is 0 Å². The summed E-state index contributed by atoms with van der Waals surface area (Å²) in [7, 11) is 0. The third-order valence-corrected chi connectivity index (χ3v) is 5.72. The number of carbonyl (C=O) groups is 3. The van der Waals surface area contributed by atoms with E-state index in [-0.39, 0.29) is 0 Å². The highest BCUT2D eigenvalue weighted by Gasteiger charge is 2.49. The molecule has 8 heteroatoms. The second kappa shape index (κ2) is 8.96. The van der Waals surface area contributed by atoms with E-state index in [9.17, 15) is 14.4 Å². The van der Waals surface area contributed by atoms with Gasteiger partial charge in [-0.05, 0) is 55.8 Å². The van der Waals surface area contributed by atoms with Crippen molar-refractivity contribution in [2.45, 2.75) is 19.4 Å². The summed E-state index contributed by atoms with van der Waals surface area (Å²) in [4.78, 5) is 38.9. The Hall–Kier alpha value is -3.84. The van der Waals surface area contributed by atoms with Crippen molar-refractivity contribution < 1.29 is 19.1 Å². The van der Waals surface area contributed by atoms with Gasteiger partial charge >= 0.3 is 6.03 Å². The number of urea groups is 1. The molecule has 1 heterocycles. The smallest absolute Gasteiger partial charge is 0.325 e. The van der Waals surface area contributed by atoms with Crippen molar-refractivity contribution >= 4 is 35.1 Å². The first-order chi connectivity index (χ1) is 15.8. The van der Waals surface area contributed by atoms with E-state index in [1.165, 1.54) is 0 Å². The van der Waals surface area contributed by atoms with Gasteiger partial charge in [0.15, 0.2) is 0 Å². The highest BCUT2D eigenvalue weighted by molar-refractivity contribution is 6.32. The lowest BCUT2D eigenvalue weighted by atomic mass is 9.91. The van der Waals surface area contributed by atoms with E-state index in [0.29, 0.717) is 27.8 Å². The van der Waals surface area contributed by atoms with Gasteiger partial charge in [-0.25, -0.2) is 4.79 Å². The molecule has 1 saturated heterocycles. The number of carbonyl (C=O) groups excluding carboxylic acids is 3. The molecule has 0 radical (unpaired) electrons. The predicted octanol–water partition coefficient (Wildman–Crippen LogP) is 4.85. The topological polar surface area (TPSA) is 87.7 Å². The van der Waals surface area contributed by atoms with Crippen LogP contribution in [0.2, 0.25) is 5.02 Å². The van der Waals surface area contributed by atoms with Crippen molar-refractivity contribution in [1.29, 1.82) is 0 Å². The number of ether oxygens (including phenoxy) is 1. The first-order valence-corrected chi connectivity index (χ1v) is 10.7. The number of hydrogen-bond donors (Lipinski definition) is 2. The standard InChI is InChI=1S/C25H22ClN3O4/c1-16-7-9-17(10-8-16)25(2)23(31)29(24(32)28-25)15-22(30)27-18-11-13-19(14-12-18)33-21-6-4-3-5-20(21)26/h3-14H,15H2,1-2H3,(H,27,30)(H,28,32). The average molecular weight is 464 g/mol. The van der Waals surface area contributed by atoms with E-state index < -0.39 is 29.9 Å². The van der Waals surface area contributed by atoms with E-state index in [1.54, 1.807) is 55.5 Å². The molecule has 1 atom stereocenters. The minimum Gasteiger partial charge on any atom is -0.456 e. The summed E-state index contributed by atoms with van der Waals surface area (Å²) in [6.07, 6.45) is 0. The van der Waals surface area contributed by atoms with Crippen molar-refractivity contribution in [2.75, 3.05) is 11.9 Å². The number of nitrogens with one attached hydrogen (secondary N) is 2. The molecule has 3 aromatic rings. The van der Waals surface area contributed by atoms with Crippen LogP contribution < -0.4 is 15.4 Å². The minimum atomic E-state index is -1.22. The van der Waals surface area contributed by atoms with Crippen molar-refractivity contribution in [3.8, 4) is 11.5 Å².